The Morgan fingerprint density at radius 2 is 0.733 bits per heavy atom. The third kappa shape index (κ3) is 13.4. The van der Waals surface area contributed by atoms with Crippen LogP contribution in [0.25, 0.3) is 11.1 Å². The molecule has 0 unspecified atom stereocenters. The number of fused-ring (bicyclic) bond motifs is 3. The standard InChI is InChI=1S/C26H16Cl4N2.C17H2Cl9NO6P.2CHCl3.Cu/c27-21-9-5-10-22(28)19(21)15-31-25-13-3-1-7-17(25)18-8-2-4-14-26(18)32-16-20-23(29)11-6-12-24(20)30;18-3-1-4-17(27-2-3)33-34(28-4,29-13-9(23)5(19)6(20)10(24)14(13)30-34)31-15-11(25)7(21)8(22)12(26)16(15)32-34;2*2-1(3)4;/h1-16H;1-2H;2*1H;/q;-1;;;+1. The number of pyridine rings is 1. The van der Waals surface area contributed by atoms with Gasteiger partial charge in [0, 0.05) is 34.7 Å². The minimum absolute atomic E-state index is 0. The quantitative estimate of drug-likeness (QED) is 0.0423. The van der Waals surface area contributed by atoms with Crippen LogP contribution in [0, 0.1) is 0 Å². The van der Waals surface area contributed by atoms with E-state index in [2.05, 4.69) is 15.0 Å². The summed E-state index contributed by atoms with van der Waals surface area (Å²) in [5.41, 5.74) is 4.72. The molecule has 1 spiro atoms. The minimum Gasteiger partial charge on any atom is 1.00 e. The molecule has 4 heterocycles. The van der Waals surface area contributed by atoms with E-state index in [-0.39, 0.29) is 96.9 Å². The SMILES string of the molecule is ClC(Cl)Cl.ClC(Cl)Cl.Clc1cccc(Cl)c1C=Nc1ccccc1-c1ccccc1N=Cc1c(Cl)cccc1Cl.Clc1cnc2c(c1)O[P-]13(O2)(Oc2c(Cl)c(Cl)c(Cl)c(Cl)c2O1)Oc1c(Cl)c(Cl)c(Cl)c(Cl)c1O3.[Cu+]. The minimum atomic E-state index is -6.54. The van der Waals surface area contributed by atoms with E-state index in [1.165, 1.54) is 12.3 Å². The number of benzene rings is 6. The summed E-state index contributed by atoms with van der Waals surface area (Å²) in [4.78, 5) is 13.4. The predicted octanol–water partition coefficient (Wildman–Crippen LogP) is 23.7. The van der Waals surface area contributed by atoms with Gasteiger partial charge in [0.25, 0.3) is 0 Å². The van der Waals surface area contributed by atoms with Crippen molar-refractivity contribution in [2.24, 2.45) is 9.98 Å². The molecule has 30 heteroatoms. The van der Waals surface area contributed by atoms with Gasteiger partial charge in [-0.15, -0.1) is 0 Å². The average Bonchev–Trinajstić information content (AvgIpc) is 3.94. The molecule has 6 aromatic carbocycles. The van der Waals surface area contributed by atoms with Gasteiger partial charge in [-0.25, -0.2) is 0 Å². The van der Waals surface area contributed by atoms with Crippen molar-refractivity contribution in [2.45, 2.75) is 8.59 Å². The zero-order chi connectivity index (χ0) is 54.1. The Labute approximate surface area is 532 Å². The Kier molecular flexibility index (Phi) is 21.5. The van der Waals surface area contributed by atoms with Gasteiger partial charge in [-0.3, -0.25) is 9.98 Å². The van der Waals surface area contributed by atoms with Crippen molar-refractivity contribution >= 4 is 252 Å². The second-order valence-corrected chi connectivity index (χ2v) is 26.6. The van der Waals surface area contributed by atoms with Gasteiger partial charge in [-0.05, 0) is 36.4 Å². The van der Waals surface area contributed by atoms with Crippen LogP contribution in [0.4, 0.5) is 11.4 Å². The first-order valence-corrected chi connectivity index (χ1v) is 29.3. The number of aromatic nitrogens is 1. The molecule has 75 heavy (non-hydrogen) atoms. The average molecular weight is 1470 g/mol. The van der Waals surface area contributed by atoms with E-state index in [1.807, 2.05) is 48.5 Å². The van der Waals surface area contributed by atoms with Gasteiger partial charge in [0.1, 0.15) is 0 Å². The van der Waals surface area contributed by atoms with Gasteiger partial charge >= 0.3 is 253 Å². The van der Waals surface area contributed by atoms with Crippen LogP contribution in [0.5, 0.6) is 34.6 Å². The van der Waals surface area contributed by atoms with Crippen molar-refractivity contribution in [3.8, 4) is 45.8 Å². The van der Waals surface area contributed by atoms with Gasteiger partial charge < -0.3 is 0 Å². The second-order valence-electron chi connectivity index (χ2n) is 14.3. The third-order valence-corrected chi connectivity index (χ3v) is 18.0. The normalized spacial score (nSPS) is 15.3. The second kappa shape index (κ2) is 25.5. The van der Waals surface area contributed by atoms with Crippen LogP contribution in [0.2, 0.25) is 65.3 Å². The van der Waals surface area contributed by atoms with Gasteiger partial charge in [0.15, 0.2) is 8.59 Å². The molecule has 0 fully saturated rings. The molecular formula is C45H20Cl19CuN3O6P. The van der Waals surface area contributed by atoms with Gasteiger partial charge in [0.05, 0.1) is 31.5 Å². The van der Waals surface area contributed by atoms with Crippen molar-refractivity contribution in [3.05, 3.63) is 174 Å². The summed E-state index contributed by atoms with van der Waals surface area (Å²) in [7, 11) is -6.54. The van der Waals surface area contributed by atoms with Crippen LogP contribution < -0.4 is 27.1 Å². The number of rotatable bonds is 5. The number of para-hydroxylation sites is 2. The molecule has 9 nitrogen and oxygen atoms in total. The smallest absolute Gasteiger partial charge is 1.00 e. The Morgan fingerprint density at radius 1 is 0.413 bits per heavy atom. The van der Waals surface area contributed by atoms with E-state index in [0.717, 1.165) is 22.5 Å². The molecule has 7 aromatic rings. The molecule has 0 saturated heterocycles. The first-order chi connectivity index (χ1) is 34.8. The maximum absolute atomic E-state index is 6.54. The van der Waals surface area contributed by atoms with Crippen molar-refractivity contribution < 1.29 is 44.2 Å². The van der Waals surface area contributed by atoms with Crippen LogP contribution in [0.3, 0.4) is 0 Å². The van der Waals surface area contributed by atoms with Gasteiger partial charge in [0.2, 0.25) is 0 Å². The fraction of sp³-hybridized carbons (Fsp3) is 0.0444. The van der Waals surface area contributed by atoms with Crippen molar-refractivity contribution in [2.75, 3.05) is 0 Å². The summed E-state index contributed by atoms with van der Waals surface area (Å²) in [5, 5.41) is 0.886. The summed E-state index contributed by atoms with van der Waals surface area (Å²) in [5.74, 6) is -1.35. The number of alkyl halides is 6. The Hall–Kier alpha value is -0.931. The molecule has 1 aromatic heterocycles. The predicted molar refractivity (Wildman–Crippen MR) is 315 cm³/mol. The maximum Gasteiger partial charge on any atom is 1.00 e. The Balaban J connectivity index is 0.000000211. The molecule has 400 valence electrons. The van der Waals surface area contributed by atoms with E-state index < -0.39 is 15.9 Å². The first-order valence-electron chi connectivity index (χ1n) is 19.6. The molecular weight excluding hydrogens is 1450 g/mol. The summed E-state index contributed by atoms with van der Waals surface area (Å²) in [6.07, 6.45) is 4.63. The summed E-state index contributed by atoms with van der Waals surface area (Å²) >= 11 is 110. The molecule has 0 N–H and O–H groups in total. The summed E-state index contributed by atoms with van der Waals surface area (Å²) in [6.45, 7) is 0. The van der Waals surface area contributed by atoms with Crippen LogP contribution in [0.1, 0.15) is 11.1 Å². The third-order valence-electron chi connectivity index (χ3n) is 9.58. The molecule has 0 aliphatic carbocycles. The molecule has 0 saturated carbocycles. The topological polar surface area (TPSA) is 93.0 Å². The summed E-state index contributed by atoms with van der Waals surface area (Å²) < 4.78 is 35.1. The molecule has 0 amide bonds. The number of hydrogen-bond donors (Lipinski definition) is 0. The Morgan fingerprint density at radius 3 is 1.07 bits per heavy atom. The molecule has 3 aliphatic heterocycles. The fourth-order valence-electron chi connectivity index (χ4n) is 6.62. The van der Waals surface area contributed by atoms with E-state index in [4.69, 9.17) is 248 Å². The molecule has 10 rings (SSSR count). The molecule has 3 aliphatic rings. The van der Waals surface area contributed by atoms with Crippen molar-refractivity contribution in [3.63, 3.8) is 0 Å². The number of nitrogens with zero attached hydrogens (tertiary/aromatic N) is 3. The largest absolute Gasteiger partial charge is 1.00 e. The van der Waals surface area contributed by atoms with Gasteiger partial charge in [-0.1, -0.05) is 165 Å². The van der Waals surface area contributed by atoms with Crippen LogP contribution >= 0.6 is 228 Å². The van der Waals surface area contributed by atoms with Crippen LogP contribution in [-0.2, 0) is 17.1 Å². The number of hydrogen-bond acceptors (Lipinski definition) is 9. The van der Waals surface area contributed by atoms with Crippen molar-refractivity contribution in [1.82, 2.24) is 4.98 Å². The summed E-state index contributed by atoms with van der Waals surface area (Å²) in [6, 6.07) is 27.7. The van der Waals surface area contributed by atoms with E-state index in [1.54, 1.807) is 48.8 Å². The fourth-order valence-corrected chi connectivity index (χ4v) is 13.5. The monoisotopic (exact) mass is 1460 g/mol. The number of halogens is 19. The van der Waals surface area contributed by atoms with Crippen LogP contribution in [0.15, 0.2) is 107 Å². The Bertz CT molecular complexity index is 3110. The molecule has 0 bridgehead atoms. The maximum atomic E-state index is 6.39. The van der Waals surface area contributed by atoms with Crippen molar-refractivity contribution in [1.29, 1.82) is 0 Å². The number of aliphatic imine (C=N–C) groups is 2. The first kappa shape index (κ1) is 63.3. The molecule has 0 atom stereocenters. The van der Waals surface area contributed by atoms with E-state index >= 15 is 0 Å². The van der Waals surface area contributed by atoms with E-state index in [0.29, 0.717) is 31.2 Å². The van der Waals surface area contributed by atoms with Crippen LogP contribution in [-0.4, -0.2) is 26.0 Å². The molecule has 0 radical (unpaired) electrons. The zero-order valence-electron chi connectivity index (χ0n) is 35.8. The zero-order valence-corrected chi connectivity index (χ0v) is 52.0. The van der Waals surface area contributed by atoms with E-state index in [9.17, 15) is 0 Å². The van der Waals surface area contributed by atoms with Gasteiger partial charge in [-0.2, -0.15) is 0 Å².